The van der Waals surface area contributed by atoms with Crippen molar-refractivity contribution in [2.24, 2.45) is 17.4 Å². The maximum atomic E-state index is 12.0. The fourth-order valence-electron chi connectivity index (χ4n) is 3.35. The number of hydrogen-bond donors (Lipinski definition) is 3. The molecule has 0 unspecified atom stereocenters. The van der Waals surface area contributed by atoms with Crippen LogP contribution in [0, 0.1) is 12.8 Å². The van der Waals surface area contributed by atoms with Crippen LogP contribution in [0.5, 0.6) is 0 Å². The highest BCUT2D eigenvalue weighted by Crippen LogP contribution is 2.21. The molecule has 7 nitrogen and oxygen atoms in total. The van der Waals surface area contributed by atoms with E-state index in [1.165, 1.54) is 0 Å². The Labute approximate surface area is 144 Å². The number of rotatable bonds is 9. The van der Waals surface area contributed by atoms with Crippen LogP contribution in [0.2, 0.25) is 0 Å². The summed E-state index contributed by atoms with van der Waals surface area (Å²) in [6, 6.07) is 0. The average Bonchev–Trinajstić information content (AvgIpc) is 2.58. The predicted octanol–water partition coefficient (Wildman–Crippen LogP) is 0.294. The largest absolute Gasteiger partial charge is 0.366 e. The number of hydrogen-bond acceptors (Lipinski definition) is 6. The first-order valence-electron chi connectivity index (χ1n) is 9.07. The minimum atomic E-state index is -0.128. The van der Waals surface area contributed by atoms with Gasteiger partial charge in [-0.2, -0.15) is 4.98 Å². The van der Waals surface area contributed by atoms with Crippen molar-refractivity contribution < 1.29 is 0 Å². The summed E-state index contributed by atoms with van der Waals surface area (Å²) in [6.07, 6.45) is 6.07. The van der Waals surface area contributed by atoms with Gasteiger partial charge in [-0.15, -0.1) is 0 Å². The Morgan fingerprint density at radius 1 is 1.25 bits per heavy atom. The fourth-order valence-corrected chi connectivity index (χ4v) is 3.35. The lowest BCUT2D eigenvalue weighted by Gasteiger charge is -2.35. The van der Waals surface area contributed by atoms with Gasteiger partial charge in [0.05, 0.1) is 0 Å². The lowest BCUT2D eigenvalue weighted by molar-refractivity contribution is 0.209. The number of aromatic nitrogens is 2. The number of nitrogens with one attached hydrogen (secondary N) is 1. The van der Waals surface area contributed by atoms with Crippen LogP contribution in [0.25, 0.3) is 0 Å². The van der Waals surface area contributed by atoms with Crippen LogP contribution in [0.4, 0.5) is 5.69 Å². The smallest absolute Gasteiger partial charge is 0.296 e. The first kappa shape index (κ1) is 18.9. The van der Waals surface area contributed by atoms with Crippen LogP contribution >= 0.6 is 0 Å². The van der Waals surface area contributed by atoms with E-state index in [0.717, 1.165) is 71.5 Å². The Bertz CT molecular complexity index is 530. The first-order valence-corrected chi connectivity index (χ1v) is 9.07. The highest BCUT2D eigenvalue weighted by atomic mass is 16.1. The van der Waals surface area contributed by atoms with Crippen molar-refractivity contribution >= 4 is 5.69 Å². The highest BCUT2D eigenvalue weighted by Gasteiger charge is 2.23. The van der Waals surface area contributed by atoms with E-state index < -0.39 is 0 Å². The summed E-state index contributed by atoms with van der Waals surface area (Å²) in [5, 5.41) is 0. The Balaban J connectivity index is 1.85. The van der Waals surface area contributed by atoms with E-state index in [1.54, 1.807) is 13.1 Å². The number of anilines is 1. The van der Waals surface area contributed by atoms with Gasteiger partial charge in [0.25, 0.3) is 5.56 Å². The zero-order valence-electron chi connectivity index (χ0n) is 14.8. The van der Waals surface area contributed by atoms with Crippen LogP contribution in [0.15, 0.2) is 11.0 Å². The molecule has 1 aromatic rings. The molecule has 0 radical (unpaired) electrons. The molecule has 0 saturated carbocycles. The molecular weight excluding hydrogens is 304 g/mol. The molecule has 1 aromatic heterocycles. The van der Waals surface area contributed by atoms with Crippen molar-refractivity contribution in [3.05, 3.63) is 22.4 Å². The molecule has 7 heteroatoms. The van der Waals surface area contributed by atoms with Crippen LogP contribution in [0.1, 0.15) is 31.5 Å². The SMILES string of the molecule is Cc1nc(=O)c(N2CCC(CN(CCCN)CCCN)CC2)c[nH]1. The molecule has 0 spiro atoms. The van der Waals surface area contributed by atoms with Crippen molar-refractivity contribution in [2.75, 3.05) is 50.7 Å². The third-order valence-electron chi connectivity index (χ3n) is 4.73. The number of nitrogens with zero attached hydrogens (tertiary/aromatic N) is 3. The van der Waals surface area contributed by atoms with Gasteiger partial charge in [0.1, 0.15) is 11.5 Å². The maximum absolute atomic E-state index is 12.0. The van der Waals surface area contributed by atoms with Gasteiger partial charge in [-0.1, -0.05) is 0 Å². The number of aryl methyl sites for hydroxylation is 1. The first-order chi connectivity index (χ1) is 11.6. The minimum Gasteiger partial charge on any atom is -0.366 e. The third-order valence-corrected chi connectivity index (χ3v) is 4.73. The van der Waals surface area contributed by atoms with E-state index >= 15 is 0 Å². The highest BCUT2D eigenvalue weighted by molar-refractivity contribution is 5.42. The summed E-state index contributed by atoms with van der Waals surface area (Å²) in [5.74, 6) is 1.34. The van der Waals surface area contributed by atoms with Crippen molar-refractivity contribution in [2.45, 2.75) is 32.6 Å². The molecule has 2 heterocycles. The summed E-state index contributed by atoms with van der Waals surface area (Å²) >= 11 is 0. The summed E-state index contributed by atoms with van der Waals surface area (Å²) in [7, 11) is 0. The maximum Gasteiger partial charge on any atom is 0.296 e. The Hall–Kier alpha value is -1.44. The third kappa shape index (κ3) is 5.58. The standard InChI is InChI=1S/C17H32N6O/c1-14-20-12-16(17(24)21-14)23-10-4-15(5-11-23)13-22(8-2-6-18)9-3-7-19/h12,15H,2-11,13,18-19H2,1H3,(H,20,21,24). The molecule has 1 saturated heterocycles. The van der Waals surface area contributed by atoms with Gasteiger partial charge >= 0.3 is 0 Å². The van der Waals surface area contributed by atoms with E-state index in [0.29, 0.717) is 17.4 Å². The lowest BCUT2D eigenvalue weighted by Crippen LogP contribution is -2.41. The van der Waals surface area contributed by atoms with Crippen LogP contribution in [0.3, 0.4) is 0 Å². The molecule has 5 N–H and O–H groups in total. The fraction of sp³-hybridized carbons (Fsp3) is 0.765. The Morgan fingerprint density at radius 3 is 2.42 bits per heavy atom. The molecule has 0 bridgehead atoms. The number of nitrogens with two attached hydrogens (primary N) is 2. The molecule has 1 aliphatic rings. The van der Waals surface area contributed by atoms with Crippen molar-refractivity contribution in [1.29, 1.82) is 0 Å². The van der Waals surface area contributed by atoms with Crippen LogP contribution in [-0.2, 0) is 0 Å². The Morgan fingerprint density at radius 2 is 1.88 bits per heavy atom. The van der Waals surface area contributed by atoms with E-state index in [1.807, 2.05) is 0 Å². The van der Waals surface area contributed by atoms with E-state index in [2.05, 4.69) is 19.8 Å². The van der Waals surface area contributed by atoms with Gasteiger partial charge in [-0.25, -0.2) is 0 Å². The second kappa shape index (κ2) is 9.76. The molecule has 1 fully saturated rings. The normalized spacial score (nSPS) is 16.1. The second-order valence-electron chi connectivity index (χ2n) is 6.69. The monoisotopic (exact) mass is 336 g/mol. The molecular formula is C17H32N6O. The lowest BCUT2D eigenvalue weighted by atomic mass is 9.95. The van der Waals surface area contributed by atoms with Crippen LogP contribution < -0.4 is 21.9 Å². The van der Waals surface area contributed by atoms with E-state index in [-0.39, 0.29) is 5.56 Å². The summed E-state index contributed by atoms with van der Waals surface area (Å²) in [5.41, 5.74) is 11.9. The average molecular weight is 336 g/mol. The van der Waals surface area contributed by atoms with Gasteiger partial charge in [-0.3, -0.25) is 4.79 Å². The molecule has 0 atom stereocenters. The Kier molecular flexibility index (Phi) is 7.68. The van der Waals surface area contributed by atoms with Gasteiger partial charge < -0.3 is 26.3 Å². The van der Waals surface area contributed by atoms with Gasteiger partial charge in [0, 0.05) is 25.8 Å². The van der Waals surface area contributed by atoms with Crippen LogP contribution in [-0.4, -0.2) is 60.7 Å². The van der Waals surface area contributed by atoms with Gasteiger partial charge in [0.15, 0.2) is 0 Å². The second-order valence-corrected chi connectivity index (χ2v) is 6.69. The number of aromatic amines is 1. The molecule has 0 amide bonds. The summed E-state index contributed by atoms with van der Waals surface area (Å²) in [6.45, 7) is 8.32. The van der Waals surface area contributed by atoms with E-state index in [9.17, 15) is 4.79 Å². The molecule has 24 heavy (non-hydrogen) atoms. The summed E-state index contributed by atoms with van der Waals surface area (Å²) < 4.78 is 0. The van der Waals surface area contributed by atoms with E-state index in [4.69, 9.17) is 11.5 Å². The molecule has 0 aliphatic carbocycles. The van der Waals surface area contributed by atoms with Crippen molar-refractivity contribution in [1.82, 2.24) is 14.9 Å². The number of H-pyrrole nitrogens is 1. The van der Waals surface area contributed by atoms with Crippen molar-refractivity contribution in [3.8, 4) is 0 Å². The minimum absolute atomic E-state index is 0.128. The molecule has 1 aliphatic heterocycles. The molecule has 0 aromatic carbocycles. The van der Waals surface area contributed by atoms with Gasteiger partial charge in [-0.05, 0) is 64.7 Å². The molecule has 2 rings (SSSR count). The zero-order chi connectivity index (χ0) is 17.4. The predicted molar refractivity (Wildman–Crippen MR) is 98.3 cm³/mol. The zero-order valence-corrected chi connectivity index (χ0v) is 14.8. The molecule has 136 valence electrons. The quantitative estimate of drug-likeness (QED) is 0.599. The topological polar surface area (TPSA) is 104 Å². The van der Waals surface area contributed by atoms with Gasteiger partial charge in [0.2, 0.25) is 0 Å². The number of piperidine rings is 1. The van der Waals surface area contributed by atoms with Crippen molar-refractivity contribution in [3.63, 3.8) is 0 Å². The summed E-state index contributed by atoms with van der Waals surface area (Å²) in [4.78, 5) is 23.7.